The van der Waals surface area contributed by atoms with Gasteiger partial charge >= 0.3 is 0 Å². The van der Waals surface area contributed by atoms with Gasteiger partial charge in [0, 0.05) is 43.7 Å². The first-order chi connectivity index (χ1) is 20.3. The number of rotatable bonds is 2. The Kier molecular flexibility index (Phi) is 4.57. The average molecular weight is 523 g/mol. The van der Waals surface area contributed by atoms with Crippen molar-refractivity contribution in [1.82, 2.24) is 9.13 Å². The Morgan fingerprint density at radius 3 is 1.63 bits per heavy atom. The Labute approximate surface area is 237 Å². The van der Waals surface area contributed by atoms with Gasteiger partial charge < -0.3 is 9.13 Å². The number of hydrogen-bond acceptors (Lipinski definition) is 0. The number of aromatic nitrogens is 2. The van der Waals surface area contributed by atoms with Gasteiger partial charge in [-0.25, -0.2) is 0 Å². The van der Waals surface area contributed by atoms with E-state index in [2.05, 4.69) is 156 Å². The Balaban J connectivity index is 1.61. The molecule has 9 rings (SSSR count). The summed E-state index contributed by atoms with van der Waals surface area (Å²) in [7, 11) is 0. The molecule has 41 heavy (non-hydrogen) atoms. The van der Waals surface area contributed by atoms with Gasteiger partial charge in [0.25, 0.3) is 0 Å². The Morgan fingerprint density at radius 1 is 0.341 bits per heavy atom. The van der Waals surface area contributed by atoms with Gasteiger partial charge in [-0.2, -0.15) is 0 Å². The van der Waals surface area contributed by atoms with Gasteiger partial charge in [0.2, 0.25) is 0 Å². The second kappa shape index (κ2) is 8.33. The summed E-state index contributed by atoms with van der Waals surface area (Å²) < 4.78 is 4.89. The molecule has 0 spiro atoms. The molecule has 2 aromatic heterocycles. The van der Waals surface area contributed by atoms with Crippen LogP contribution in [0, 0.1) is 6.92 Å². The van der Waals surface area contributed by atoms with E-state index in [0.717, 1.165) is 0 Å². The van der Waals surface area contributed by atoms with Crippen LogP contribution in [0.4, 0.5) is 0 Å². The third-order valence-electron chi connectivity index (χ3n) is 8.74. The van der Waals surface area contributed by atoms with Crippen LogP contribution in [0.3, 0.4) is 0 Å². The third-order valence-corrected chi connectivity index (χ3v) is 8.74. The van der Waals surface area contributed by atoms with E-state index in [1.165, 1.54) is 82.1 Å². The summed E-state index contributed by atoms with van der Waals surface area (Å²) in [5, 5.41) is 10.4. The summed E-state index contributed by atoms with van der Waals surface area (Å²) in [6.07, 6.45) is 0. The van der Waals surface area contributed by atoms with Gasteiger partial charge in [-0.05, 0) is 60.2 Å². The fourth-order valence-corrected chi connectivity index (χ4v) is 7.03. The highest BCUT2D eigenvalue weighted by Gasteiger charge is 2.22. The number of fused-ring (bicyclic) bond motifs is 12. The van der Waals surface area contributed by atoms with E-state index < -0.39 is 0 Å². The zero-order chi connectivity index (χ0) is 27.1. The minimum Gasteiger partial charge on any atom is -0.309 e. The van der Waals surface area contributed by atoms with Crippen LogP contribution in [0.15, 0.2) is 140 Å². The molecule has 2 nitrogen and oxygen atoms in total. The van der Waals surface area contributed by atoms with E-state index in [-0.39, 0.29) is 0 Å². The van der Waals surface area contributed by atoms with Crippen LogP contribution in [0.1, 0.15) is 5.56 Å². The summed E-state index contributed by atoms with van der Waals surface area (Å²) >= 11 is 0. The van der Waals surface area contributed by atoms with Crippen LogP contribution in [-0.2, 0) is 0 Å². The SMILES string of the molecule is Cc1ccc(-n2c3ccccc3c3c4c(ccc32)c2ccccc2c2c4c3ccccc3n2-c2ccccc2)cc1. The molecule has 2 heteroatoms. The van der Waals surface area contributed by atoms with Crippen molar-refractivity contribution in [3.05, 3.63) is 145 Å². The van der Waals surface area contributed by atoms with Crippen molar-refractivity contribution < 1.29 is 0 Å². The van der Waals surface area contributed by atoms with Crippen molar-refractivity contribution in [3.8, 4) is 11.4 Å². The van der Waals surface area contributed by atoms with Crippen molar-refractivity contribution in [3.63, 3.8) is 0 Å². The summed E-state index contributed by atoms with van der Waals surface area (Å²) in [4.78, 5) is 0. The lowest BCUT2D eigenvalue weighted by Gasteiger charge is -2.13. The molecule has 0 atom stereocenters. The lowest BCUT2D eigenvalue weighted by Crippen LogP contribution is -1.95. The highest BCUT2D eigenvalue weighted by atomic mass is 15.0. The molecule has 0 saturated carbocycles. The second-order valence-electron chi connectivity index (χ2n) is 11.0. The Bertz CT molecular complexity index is 2460. The van der Waals surface area contributed by atoms with Crippen LogP contribution in [-0.4, -0.2) is 9.13 Å². The summed E-state index contributed by atoms with van der Waals surface area (Å²) in [5.74, 6) is 0. The molecule has 0 amide bonds. The van der Waals surface area contributed by atoms with Crippen molar-refractivity contribution in [1.29, 1.82) is 0 Å². The zero-order valence-electron chi connectivity index (χ0n) is 22.7. The lowest BCUT2D eigenvalue weighted by molar-refractivity contribution is 1.18. The van der Waals surface area contributed by atoms with E-state index in [1.54, 1.807) is 0 Å². The number of aryl methyl sites for hydroxylation is 1. The normalized spacial score (nSPS) is 12.0. The summed E-state index contributed by atoms with van der Waals surface area (Å²) in [6, 6.07) is 51.0. The number of para-hydroxylation sites is 3. The van der Waals surface area contributed by atoms with Crippen molar-refractivity contribution >= 4 is 65.2 Å². The second-order valence-corrected chi connectivity index (χ2v) is 11.0. The first-order valence-electron chi connectivity index (χ1n) is 14.2. The largest absolute Gasteiger partial charge is 0.309 e. The van der Waals surface area contributed by atoms with Crippen molar-refractivity contribution in [2.24, 2.45) is 0 Å². The van der Waals surface area contributed by atoms with Gasteiger partial charge in [-0.1, -0.05) is 103 Å². The minimum absolute atomic E-state index is 1.18. The fraction of sp³-hybridized carbons (Fsp3) is 0.0256. The molecule has 0 unspecified atom stereocenters. The first-order valence-corrected chi connectivity index (χ1v) is 14.2. The highest BCUT2D eigenvalue weighted by molar-refractivity contribution is 6.39. The van der Waals surface area contributed by atoms with Crippen molar-refractivity contribution in [2.45, 2.75) is 6.92 Å². The smallest absolute Gasteiger partial charge is 0.0626 e. The van der Waals surface area contributed by atoms with Crippen LogP contribution in [0.5, 0.6) is 0 Å². The van der Waals surface area contributed by atoms with E-state index in [1.807, 2.05) is 0 Å². The van der Waals surface area contributed by atoms with E-state index in [0.29, 0.717) is 0 Å². The Morgan fingerprint density at radius 2 is 0.902 bits per heavy atom. The van der Waals surface area contributed by atoms with Crippen LogP contribution < -0.4 is 0 Å². The molecule has 9 aromatic rings. The van der Waals surface area contributed by atoms with E-state index >= 15 is 0 Å². The monoisotopic (exact) mass is 522 g/mol. The molecular formula is C39H26N2. The number of nitrogens with zero attached hydrogens (tertiary/aromatic N) is 2. The average Bonchev–Trinajstić information content (AvgIpc) is 3.56. The molecule has 2 heterocycles. The molecule has 0 aliphatic carbocycles. The minimum atomic E-state index is 1.18. The van der Waals surface area contributed by atoms with Gasteiger partial charge in [0.1, 0.15) is 0 Å². The van der Waals surface area contributed by atoms with Gasteiger partial charge in [-0.3, -0.25) is 0 Å². The third kappa shape index (κ3) is 3.02. The molecule has 0 fully saturated rings. The van der Waals surface area contributed by atoms with Gasteiger partial charge in [0.15, 0.2) is 0 Å². The molecule has 0 saturated heterocycles. The number of hydrogen-bond donors (Lipinski definition) is 0. The molecule has 0 aliphatic heterocycles. The summed E-state index contributed by atoms with van der Waals surface area (Å²) in [5.41, 5.74) is 8.58. The zero-order valence-corrected chi connectivity index (χ0v) is 22.7. The highest BCUT2D eigenvalue weighted by Crippen LogP contribution is 2.47. The predicted octanol–water partition coefficient (Wildman–Crippen LogP) is 10.5. The Hall–Kier alpha value is -5.34. The molecule has 0 radical (unpaired) electrons. The van der Waals surface area contributed by atoms with Crippen molar-refractivity contribution in [2.75, 3.05) is 0 Å². The van der Waals surface area contributed by atoms with E-state index in [9.17, 15) is 0 Å². The molecule has 0 bridgehead atoms. The maximum atomic E-state index is 2.46. The standard InChI is InChI=1S/C39H26N2/c1-25-19-21-27(22-20-25)40-33-17-9-7-15-31(33)36-35(40)24-23-29-28-13-5-6-14-30(28)39-38(37(29)36)32-16-8-10-18-34(32)41(39)26-11-3-2-4-12-26/h2-24H,1H3. The molecule has 192 valence electrons. The van der Waals surface area contributed by atoms with E-state index in [4.69, 9.17) is 0 Å². The van der Waals surface area contributed by atoms with Crippen LogP contribution in [0.2, 0.25) is 0 Å². The summed E-state index contributed by atoms with van der Waals surface area (Å²) in [6.45, 7) is 2.15. The molecule has 0 aliphatic rings. The maximum Gasteiger partial charge on any atom is 0.0626 e. The maximum absolute atomic E-state index is 2.46. The first kappa shape index (κ1) is 22.5. The van der Waals surface area contributed by atoms with Crippen LogP contribution in [0.25, 0.3) is 76.5 Å². The van der Waals surface area contributed by atoms with Crippen LogP contribution >= 0.6 is 0 Å². The van der Waals surface area contributed by atoms with Gasteiger partial charge in [-0.15, -0.1) is 0 Å². The fourth-order valence-electron chi connectivity index (χ4n) is 7.03. The molecular weight excluding hydrogens is 496 g/mol. The molecule has 0 N–H and O–H groups in total. The van der Waals surface area contributed by atoms with Gasteiger partial charge in [0.05, 0.1) is 22.1 Å². The topological polar surface area (TPSA) is 9.86 Å². The predicted molar refractivity (Wildman–Crippen MR) is 175 cm³/mol. The number of benzene rings is 7. The molecule has 7 aromatic carbocycles. The quantitative estimate of drug-likeness (QED) is 0.200. The lowest BCUT2D eigenvalue weighted by atomic mass is 9.93.